The Morgan fingerprint density at radius 2 is 2.32 bits per heavy atom. The molecular weight excluding hydrogens is 266 g/mol. The Hall–Kier alpha value is -1.59. The van der Waals surface area contributed by atoms with Crippen LogP contribution in [0.3, 0.4) is 0 Å². The van der Waals surface area contributed by atoms with E-state index in [0.29, 0.717) is 23.0 Å². The van der Waals surface area contributed by atoms with E-state index in [1.54, 1.807) is 23.8 Å². The fourth-order valence-electron chi connectivity index (χ4n) is 1.91. The van der Waals surface area contributed by atoms with E-state index in [-0.39, 0.29) is 11.9 Å². The quantitative estimate of drug-likeness (QED) is 0.932. The Balaban J connectivity index is 2.23. The molecule has 19 heavy (non-hydrogen) atoms. The molecule has 0 saturated carbocycles. The maximum atomic E-state index is 12.0. The predicted molar refractivity (Wildman–Crippen MR) is 74.5 cm³/mol. The molecule has 0 aliphatic heterocycles. The van der Waals surface area contributed by atoms with E-state index in [1.165, 1.54) is 0 Å². The molecule has 2 aromatic rings. The minimum Gasteiger partial charge on any atom is -0.383 e. The summed E-state index contributed by atoms with van der Waals surface area (Å²) in [5.74, 6) is -0.145. The van der Waals surface area contributed by atoms with E-state index >= 15 is 0 Å². The standard InChI is InChI=1S/C13H16ClN3O2/c1-8(7-19-3)15-12(18)9-4-5-11-10(6-9)16-13(14)17(11)2/h4-6,8H,7H2,1-3H3,(H,15,18)/t8-/m0/s1. The lowest BCUT2D eigenvalue weighted by molar-refractivity contribution is 0.0905. The van der Waals surface area contributed by atoms with Gasteiger partial charge in [-0.25, -0.2) is 4.98 Å². The molecule has 0 saturated heterocycles. The van der Waals surface area contributed by atoms with Gasteiger partial charge in [0, 0.05) is 25.8 Å². The highest BCUT2D eigenvalue weighted by Gasteiger charge is 2.12. The number of hydrogen-bond acceptors (Lipinski definition) is 3. The van der Waals surface area contributed by atoms with Crippen LogP contribution in [-0.2, 0) is 11.8 Å². The number of benzene rings is 1. The van der Waals surface area contributed by atoms with Gasteiger partial charge in [0.05, 0.1) is 17.6 Å². The normalized spacial score (nSPS) is 12.6. The van der Waals surface area contributed by atoms with Crippen LogP contribution in [-0.4, -0.2) is 35.2 Å². The fraction of sp³-hybridized carbons (Fsp3) is 0.385. The fourth-order valence-corrected chi connectivity index (χ4v) is 2.09. The smallest absolute Gasteiger partial charge is 0.251 e. The van der Waals surface area contributed by atoms with Gasteiger partial charge in [-0.05, 0) is 36.7 Å². The number of halogens is 1. The molecule has 1 aromatic heterocycles. The summed E-state index contributed by atoms with van der Waals surface area (Å²) in [6, 6.07) is 5.29. The van der Waals surface area contributed by atoms with Crippen molar-refractivity contribution in [2.45, 2.75) is 13.0 Å². The Morgan fingerprint density at radius 1 is 1.58 bits per heavy atom. The Labute approximate surface area is 116 Å². The van der Waals surface area contributed by atoms with Crippen molar-refractivity contribution in [1.82, 2.24) is 14.9 Å². The zero-order chi connectivity index (χ0) is 14.0. The van der Waals surface area contributed by atoms with Gasteiger partial charge in [-0.15, -0.1) is 0 Å². The Kier molecular flexibility index (Phi) is 4.07. The van der Waals surface area contributed by atoms with Crippen LogP contribution in [0.15, 0.2) is 18.2 Å². The monoisotopic (exact) mass is 281 g/mol. The first-order chi connectivity index (χ1) is 9.02. The summed E-state index contributed by atoms with van der Waals surface area (Å²) in [7, 11) is 3.43. The first-order valence-electron chi connectivity index (χ1n) is 5.94. The number of nitrogens with zero attached hydrogens (tertiary/aromatic N) is 2. The topological polar surface area (TPSA) is 56.1 Å². The number of aryl methyl sites for hydroxylation is 1. The number of hydrogen-bond donors (Lipinski definition) is 1. The number of ether oxygens (including phenoxy) is 1. The molecule has 1 heterocycles. The van der Waals surface area contributed by atoms with Gasteiger partial charge in [-0.3, -0.25) is 4.79 Å². The van der Waals surface area contributed by atoms with E-state index < -0.39 is 0 Å². The number of carbonyl (C=O) groups is 1. The van der Waals surface area contributed by atoms with Crippen LogP contribution < -0.4 is 5.32 Å². The number of nitrogens with one attached hydrogen (secondary N) is 1. The van der Waals surface area contributed by atoms with Crippen molar-refractivity contribution in [1.29, 1.82) is 0 Å². The second kappa shape index (κ2) is 5.59. The van der Waals surface area contributed by atoms with Crippen molar-refractivity contribution < 1.29 is 9.53 Å². The van der Waals surface area contributed by atoms with Crippen molar-refractivity contribution in [3.05, 3.63) is 29.0 Å². The molecule has 1 aromatic carbocycles. The predicted octanol–water partition coefficient (Wildman–Crippen LogP) is 1.99. The Bertz CT molecular complexity index is 609. The summed E-state index contributed by atoms with van der Waals surface area (Å²) in [4.78, 5) is 16.2. The molecule has 2 rings (SSSR count). The third kappa shape index (κ3) is 2.88. The van der Waals surface area contributed by atoms with Crippen LogP contribution in [0, 0.1) is 0 Å². The van der Waals surface area contributed by atoms with Crippen molar-refractivity contribution in [3.63, 3.8) is 0 Å². The molecule has 102 valence electrons. The van der Waals surface area contributed by atoms with Gasteiger partial charge in [-0.2, -0.15) is 0 Å². The van der Waals surface area contributed by atoms with Crippen LogP contribution in [0.25, 0.3) is 11.0 Å². The number of amides is 1. The summed E-state index contributed by atoms with van der Waals surface area (Å²) < 4.78 is 6.75. The van der Waals surface area contributed by atoms with Crippen molar-refractivity contribution in [2.75, 3.05) is 13.7 Å². The average molecular weight is 282 g/mol. The molecule has 1 amide bonds. The molecule has 0 bridgehead atoms. The summed E-state index contributed by atoms with van der Waals surface area (Å²) in [6.45, 7) is 2.36. The van der Waals surface area contributed by atoms with Crippen LogP contribution >= 0.6 is 11.6 Å². The third-order valence-electron chi connectivity index (χ3n) is 2.88. The molecule has 1 atom stereocenters. The largest absolute Gasteiger partial charge is 0.383 e. The number of aromatic nitrogens is 2. The number of rotatable bonds is 4. The third-order valence-corrected chi connectivity index (χ3v) is 3.22. The first kappa shape index (κ1) is 13.8. The summed E-state index contributed by atoms with van der Waals surface area (Å²) in [5, 5.41) is 3.25. The zero-order valence-electron chi connectivity index (χ0n) is 11.1. The van der Waals surface area contributed by atoms with Crippen molar-refractivity contribution in [3.8, 4) is 0 Å². The van der Waals surface area contributed by atoms with Crippen LogP contribution in [0.1, 0.15) is 17.3 Å². The van der Waals surface area contributed by atoms with Crippen LogP contribution in [0.5, 0.6) is 0 Å². The highest BCUT2D eigenvalue weighted by molar-refractivity contribution is 6.29. The van der Waals surface area contributed by atoms with Crippen molar-refractivity contribution in [2.24, 2.45) is 7.05 Å². The molecular formula is C13H16ClN3O2. The van der Waals surface area contributed by atoms with Gasteiger partial charge in [0.25, 0.3) is 5.91 Å². The molecule has 0 fully saturated rings. The maximum Gasteiger partial charge on any atom is 0.251 e. The van der Waals surface area contributed by atoms with E-state index in [2.05, 4.69) is 10.3 Å². The van der Waals surface area contributed by atoms with E-state index in [4.69, 9.17) is 16.3 Å². The molecule has 5 nitrogen and oxygen atoms in total. The lowest BCUT2D eigenvalue weighted by Crippen LogP contribution is -2.35. The number of carbonyl (C=O) groups excluding carboxylic acids is 1. The summed E-state index contributed by atoms with van der Waals surface area (Å²) in [5.41, 5.74) is 2.16. The number of imidazole rings is 1. The molecule has 0 radical (unpaired) electrons. The lowest BCUT2D eigenvalue weighted by atomic mass is 10.1. The second-order valence-corrected chi connectivity index (χ2v) is 4.81. The van der Waals surface area contributed by atoms with Crippen LogP contribution in [0.2, 0.25) is 5.28 Å². The maximum absolute atomic E-state index is 12.0. The van der Waals surface area contributed by atoms with E-state index in [0.717, 1.165) is 5.52 Å². The molecule has 0 spiro atoms. The van der Waals surface area contributed by atoms with Gasteiger partial charge < -0.3 is 14.6 Å². The van der Waals surface area contributed by atoms with Gasteiger partial charge in [0.1, 0.15) is 0 Å². The lowest BCUT2D eigenvalue weighted by Gasteiger charge is -2.12. The molecule has 0 unspecified atom stereocenters. The SMILES string of the molecule is COC[C@H](C)NC(=O)c1ccc2c(c1)nc(Cl)n2C. The molecule has 0 aliphatic rings. The highest BCUT2D eigenvalue weighted by Crippen LogP contribution is 2.19. The summed E-state index contributed by atoms with van der Waals surface area (Å²) >= 11 is 5.94. The average Bonchev–Trinajstić information content (AvgIpc) is 2.65. The van der Waals surface area contributed by atoms with E-state index in [1.807, 2.05) is 20.0 Å². The Morgan fingerprint density at radius 3 is 3.00 bits per heavy atom. The van der Waals surface area contributed by atoms with Gasteiger partial charge in [-0.1, -0.05) is 0 Å². The number of methoxy groups -OCH3 is 1. The number of fused-ring (bicyclic) bond motifs is 1. The highest BCUT2D eigenvalue weighted by atomic mass is 35.5. The second-order valence-electron chi connectivity index (χ2n) is 4.47. The zero-order valence-corrected chi connectivity index (χ0v) is 11.9. The van der Waals surface area contributed by atoms with E-state index in [9.17, 15) is 4.79 Å². The minimum absolute atomic E-state index is 0.0412. The summed E-state index contributed by atoms with van der Waals surface area (Å²) in [6.07, 6.45) is 0. The molecule has 1 N–H and O–H groups in total. The van der Waals surface area contributed by atoms with Gasteiger partial charge in [0.2, 0.25) is 5.28 Å². The van der Waals surface area contributed by atoms with Crippen molar-refractivity contribution >= 4 is 28.5 Å². The molecule has 6 heteroatoms. The van der Waals surface area contributed by atoms with Gasteiger partial charge >= 0.3 is 0 Å². The minimum atomic E-state index is -0.145. The van der Waals surface area contributed by atoms with Gasteiger partial charge in [0.15, 0.2) is 0 Å². The van der Waals surface area contributed by atoms with Crippen LogP contribution in [0.4, 0.5) is 0 Å². The first-order valence-corrected chi connectivity index (χ1v) is 6.32. The molecule has 0 aliphatic carbocycles.